The van der Waals surface area contributed by atoms with E-state index in [1.807, 2.05) is 0 Å². The molecule has 2 aliphatic rings. The van der Waals surface area contributed by atoms with Crippen LogP contribution in [0.3, 0.4) is 0 Å². The van der Waals surface area contributed by atoms with E-state index in [0.717, 1.165) is 62.9 Å². The molecule has 2 heterocycles. The highest BCUT2D eigenvalue weighted by atomic mass is 28.4. The van der Waals surface area contributed by atoms with Gasteiger partial charge < -0.3 is 13.9 Å². The van der Waals surface area contributed by atoms with Crippen molar-refractivity contribution in [2.45, 2.75) is 163 Å². The second kappa shape index (κ2) is 11.8. The minimum absolute atomic E-state index is 0.110. The van der Waals surface area contributed by atoms with Gasteiger partial charge >= 0.3 is 0 Å². The van der Waals surface area contributed by atoms with Crippen LogP contribution in [-0.2, 0) is 11.2 Å². The molecule has 1 fully saturated rings. The molecule has 4 heteroatoms. The molecule has 0 radical (unpaired) electrons. The summed E-state index contributed by atoms with van der Waals surface area (Å²) in [6.07, 6.45) is 14.1. The van der Waals surface area contributed by atoms with E-state index in [-0.39, 0.29) is 16.2 Å². The Kier molecular flexibility index (Phi) is 9.65. The van der Waals surface area contributed by atoms with Crippen LogP contribution in [0.1, 0.15) is 123 Å². The van der Waals surface area contributed by atoms with E-state index in [4.69, 9.17) is 13.9 Å². The number of hydrogen-bond acceptors (Lipinski definition) is 3. The highest BCUT2D eigenvalue weighted by Crippen LogP contribution is 2.47. The van der Waals surface area contributed by atoms with Gasteiger partial charge in [0.25, 0.3) is 8.32 Å². The van der Waals surface area contributed by atoms with Gasteiger partial charge in [0.2, 0.25) is 0 Å². The standard InChI is InChI=1S/C35H58O3Si/c1-24(16-14-17-25(2)19-20-30-34(9,10)36-30)18-15-22-35(11)23-21-29-28(5)31(26(3)27(4)32(29)37-35)38-39(12,13)33(6,7)8/h17-18,30H,14-16,19-23H2,1-13H3/b24-18+,25-17+/t30-,35+/m0/s1. The maximum absolute atomic E-state index is 6.87. The average Bonchev–Trinajstić information content (AvgIpc) is 3.44. The Morgan fingerprint density at radius 2 is 1.54 bits per heavy atom. The van der Waals surface area contributed by atoms with Crippen LogP contribution in [0.2, 0.25) is 18.1 Å². The molecule has 2 aliphatic heterocycles. The molecule has 0 aromatic heterocycles. The predicted molar refractivity (Wildman–Crippen MR) is 170 cm³/mol. The normalized spacial score (nSPS) is 23.4. The van der Waals surface area contributed by atoms with E-state index in [0.29, 0.717) is 6.10 Å². The molecule has 0 N–H and O–H groups in total. The monoisotopic (exact) mass is 554 g/mol. The summed E-state index contributed by atoms with van der Waals surface area (Å²) >= 11 is 0. The topological polar surface area (TPSA) is 31.0 Å². The fourth-order valence-corrected chi connectivity index (χ4v) is 6.61. The summed E-state index contributed by atoms with van der Waals surface area (Å²) in [5, 5.41) is 0.175. The maximum atomic E-state index is 6.87. The Hall–Kier alpha value is -1.52. The van der Waals surface area contributed by atoms with Crippen molar-refractivity contribution < 1.29 is 13.9 Å². The Bertz CT molecular complexity index is 1100. The Labute approximate surface area is 241 Å². The van der Waals surface area contributed by atoms with Gasteiger partial charge in [0, 0.05) is 5.56 Å². The molecule has 1 saturated heterocycles. The van der Waals surface area contributed by atoms with E-state index in [1.54, 1.807) is 0 Å². The minimum Gasteiger partial charge on any atom is -0.543 e. The summed E-state index contributed by atoms with van der Waals surface area (Å²) < 4.78 is 19.4. The molecule has 0 bridgehead atoms. The molecular weight excluding hydrogens is 496 g/mol. The van der Waals surface area contributed by atoms with Crippen molar-refractivity contribution in [2.75, 3.05) is 0 Å². The first kappa shape index (κ1) is 32.0. The van der Waals surface area contributed by atoms with E-state index in [2.05, 4.69) is 101 Å². The molecule has 3 rings (SSSR count). The first-order valence-corrected chi connectivity index (χ1v) is 18.3. The van der Waals surface area contributed by atoms with Crippen molar-refractivity contribution in [2.24, 2.45) is 0 Å². The van der Waals surface area contributed by atoms with Gasteiger partial charge in [-0.05, 0) is 142 Å². The van der Waals surface area contributed by atoms with E-state index in [9.17, 15) is 0 Å². The Morgan fingerprint density at radius 1 is 0.949 bits per heavy atom. The second-order valence-electron chi connectivity index (χ2n) is 14.9. The number of allylic oxidation sites excluding steroid dienone is 4. The van der Waals surface area contributed by atoms with Gasteiger partial charge in [-0.15, -0.1) is 0 Å². The number of hydrogen-bond donors (Lipinski definition) is 0. The highest BCUT2D eigenvalue weighted by molar-refractivity contribution is 6.74. The van der Waals surface area contributed by atoms with E-state index < -0.39 is 8.32 Å². The SMILES string of the molecule is C/C(=C\CC[C@]1(C)CCc2c(C)c(O[Si](C)(C)C(C)(C)C)c(C)c(C)c2O1)CC/C=C(\C)CC[C@@H]1OC1(C)C. The van der Waals surface area contributed by atoms with Crippen molar-refractivity contribution >= 4 is 8.32 Å². The van der Waals surface area contributed by atoms with Crippen LogP contribution in [0.25, 0.3) is 0 Å². The molecule has 0 aliphatic carbocycles. The number of benzene rings is 1. The van der Waals surface area contributed by atoms with Crippen molar-refractivity contribution in [3.8, 4) is 11.5 Å². The summed E-state index contributed by atoms with van der Waals surface area (Å²) in [5.74, 6) is 2.22. The largest absolute Gasteiger partial charge is 0.543 e. The van der Waals surface area contributed by atoms with Gasteiger partial charge in [0.05, 0.1) is 11.7 Å². The molecule has 220 valence electrons. The molecule has 1 aromatic rings. The van der Waals surface area contributed by atoms with Gasteiger partial charge in [-0.1, -0.05) is 44.1 Å². The van der Waals surface area contributed by atoms with Crippen LogP contribution in [-0.4, -0.2) is 25.6 Å². The lowest BCUT2D eigenvalue weighted by Gasteiger charge is -2.41. The number of ether oxygens (including phenoxy) is 2. The van der Waals surface area contributed by atoms with Crippen LogP contribution in [0.5, 0.6) is 11.5 Å². The Morgan fingerprint density at radius 3 is 2.13 bits per heavy atom. The van der Waals surface area contributed by atoms with Crippen LogP contribution in [0.4, 0.5) is 0 Å². The lowest BCUT2D eigenvalue weighted by molar-refractivity contribution is 0.0559. The lowest BCUT2D eigenvalue weighted by atomic mass is 9.85. The molecule has 0 spiro atoms. The molecule has 1 aromatic carbocycles. The quantitative estimate of drug-likeness (QED) is 0.155. The molecule has 0 unspecified atom stereocenters. The zero-order chi connectivity index (χ0) is 29.4. The summed E-state index contributed by atoms with van der Waals surface area (Å²) in [7, 11) is -1.92. The summed E-state index contributed by atoms with van der Waals surface area (Å²) in [6.45, 7) is 29.5. The molecule has 0 saturated carbocycles. The zero-order valence-corrected chi connectivity index (χ0v) is 28.6. The van der Waals surface area contributed by atoms with Gasteiger partial charge in [-0.3, -0.25) is 0 Å². The van der Waals surface area contributed by atoms with Crippen LogP contribution in [0, 0.1) is 20.8 Å². The average molecular weight is 555 g/mol. The molecule has 3 nitrogen and oxygen atoms in total. The zero-order valence-electron chi connectivity index (χ0n) is 27.6. The maximum Gasteiger partial charge on any atom is 0.250 e. The Balaban J connectivity index is 1.57. The van der Waals surface area contributed by atoms with Crippen molar-refractivity contribution in [1.82, 2.24) is 0 Å². The third-order valence-corrected chi connectivity index (χ3v) is 14.2. The van der Waals surface area contributed by atoms with Crippen LogP contribution in [0.15, 0.2) is 23.3 Å². The number of rotatable bonds is 11. The van der Waals surface area contributed by atoms with Crippen molar-refractivity contribution in [1.29, 1.82) is 0 Å². The van der Waals surface area contributed by atoms with Crippen molar-refractivity contribution in [3.05, 3.63) is 45.6 Å². The van der Waals surface area contributed by atoms with Gasteiger partial charge in [0.1, 0.15) is 17.1 Å². The summed E-state index contributed by atoms with van der Waals surface area (Å²) in [4.78, 5) is 0. The smallest absolute Gasteiger partial charge is 0.250 e. The summed E-state index contributed by atoms with van der Waals surface area (Å²) in [5.41, 5.74) is 8.11. The third-order valence-electron chi connectivity index (χ3n) is 9.89. The van der Waals surface area contributed by atoms with E-state index >= 15 is 0 Å². The number of fused-ring (bicyclic) bond motifs is 1. The first-order valence-electron chi connectivity index (χ1n) is 15.4. The van der Waals surface area contributed by atoms with Crippen molar-refractivity contribution in [3.63, 3.8) is 0 Å². The molecular formula is C35H58O3Si. The molecule has 39 heavy (non-hydrogen) atoms. The van der Waals surface area contributed by atoms with Crippen LogP contribution < -0.4 is 9.16 Å². The fraction of sp³-hybridized carbons (Fsp3) is 0.714. The van der Waals surface area contributed by atoms with Gasteiger partial charge in [-0.25, -0.2) is 0 Å². The van der Waals surface area contributed by atoms with Gasteiger partial charge in [-0.2, -0.15) is 0 Å². The molecule has 0 amide bonds. The number of epoxide rings is 1. The highest BCUT2D eigenvalue weighted by Gasteiger charge is 2.46. The lowest BCUT2D eigenvalue weighted by Crippen LogP contribution is -2.44. The fourth-order valence-electron chi connectivity index (χ4n) is 5.49. The summed E-state index contributed by atoms with van der Waals surface area (Å²) in [6, 6.07) is 0. The third kappa shape index (κ3) is 7.82. The van der Waals surface area contributed by atoms with Gasteiger partial charge in [0.15, 0.2) is 0 Å². The first-order chi connectivity index (χ1) is 17.9. The molecule has 2 atom stereocenters. The minimum atomic E-state index is -1.92. The van der Waals surface area contributed by atoms with E-state index in [1.165, 1.54) is 33.4 Å². The van der Waals surface area contributed by atoms with Crippen LogP contribution >= 0.6 is 0 Å². The second-order valence-corrected chi connectivity index (χ2v) is 19.6. The predicted octanol–water partition coefficient (Wildman–Crippen LogP) is 10.5.